The second-order valence-corrected chi connectivity index (χ2v) is 5.13. The Hall–Kier alpha value is -1.78. The Kier molecular flexibility index (Phi) is 3.05. The molecule has 0 aromatic rings. The van der Waals surface area contributed by atoms with Crippen LogP contribution in [0.5, 0.6) is 0 Å². The second-order valence-electron chi connectivity index (χ2n) is 5.13. The number of methoxy groups -OCH3 is 1. The molecule has 3 aliphatic heterocycles. The van der Waals surface area contributed by atoms with E-state index in [2.05, 4.69) is 9.64 Å². The Morgan fingerprint density at radius 2 is 2.00 bits per heavy atom. The molecule has 0 atom stereocenters. The lowest BCUT2D eigenvalue weighted by Crippen LogP contribution is -2.40. The molecular formula is C14H18N2O3. The highest BCUT2D eigenvalue weighted by molar-refractivity contribution is 6.13. The fourth-order valence-corrected chi connectivity index (χ4v) is 3.13. The van der Waals surface area contributed by atoms with Gasteiger partial charge >= 0.3 is 5.97 Å². The number of Topliss-reactive ketones (excluding diaryl/α,β-unsaturated/α-hetero) is 1. The minimum Gasteiger partial charge on any atom is -0.466 e. The van der Waals surface area contributed by atoms with E-state index in [1.54, 1.807) is 0 Å². The number of carbonyl (C=O) groups excluding carboxylic acids is 2. The largest absolute Gasteiger partial charge is 0.466 e. The van der Waals surface area contributed by atoms with Crippen molar-refractivity contribution < 1.29 is 14.3 Å². The topological polar surface area (TPSA) is 49.9 Å². The maximum atomic E-state index is 12.5. The molecule has 5 nitrogen and oxygen atoms in total. The van der Waals surface area contributed by atoms with Crippen LogP contribution in [0, 0.1) is 0 Å². The van der Waals surface area contributed by atoms with E-state index in [1.165, 1.54) is 13.2 Å². The fraction of sp³-hybridized carbons (Fsp3) is 0.571. The van der Waals surface area contributed by atoms with E-state index >= 15 is 0 Å². The Labute approximate surface area is 112 Å². The average Bonchev–Trinajstić information content (AvgIpc) is 2.60. The quantitative estimate of drug-likeness (QED) is 0.522. The molecule has 0 aliphatic carbocycles. The molecule has 3 aliphatic rings. The van der Waals surface area contributed by atoms with Crippen LogP contribution in [0.25, 0.3) is 0 Å². The summed E-state index contributed by atoms with van der Waals surface area (Å²) in [6.07, 6.45) is 5.34. The predicted molar refractivity (Wildman–Crippen MR) is 68.9 cm³/mol. The van der Waals surface area contributed by atoms with Gasteiger partial charge in [0.05, 0.1) is 18.9 Å². The number of allylic oxidation sites excluding steroid dienone is 1. The number of hydrogen-bond donors (Lipinski definition) is 0. The normalized spacial score (nSPS) is 24.7. The van der Waals surface area contributed by atoms with Gasteiger partial charge in [-0.2, -0.15) is 0 Å². The summed E-state index contributed by atoms with van der Waals surface area (Å²) >= 11 is 0. The monoisotopic (exact) mass is 262 g/mol. The molecule has 0 radical (unpaired) electrons. The van der Waals surface area contributed by atoms with Crippen LogP contribution in [0.4, 0.5) is 0 Å². The predicted octanol–water partition coefficient (Wildman–Crippen LogP) is 1.03. The molecule has 0 aromatic carbocycles. The van der Waals surface area contributed by atoms with Crippen LogP contribution < -0.4 is 0 Å². The SMILES string of the molecule is COC(=O)/C=C1/C(=O)C2=C3N(CCCC2)CCCN31. The summed E-state index contributed by atoms with van der Waals surface area (Å²) < 4.78 is 4.65. The first-order valence-electron chi connectivity index (χ1n) is 6.82. The van der Waals surface area contributed by atoms with Gasteiger partial charge in [-0.25, -0.2) is 4.79 Å². The number of esters is 1. The molecule has 3 rings (SSSR count). The molecule has 3 heterocycles. The number of nitrogens with zero attached hydrogens (tertiary/aromatic N) is 2. The Morgan fingerprint density at radius 1 is 1.21 bits per heavy atom. The average molecular weight is 262 g/mol. The van der Waals surface area contributed by atoms with Gasteiger partial charge < -0.3 is 14.5 Å². The van der Waals surface area contributed by atoms with E-state index in [9.17, 15) is 9.59 Å². The lowest BCUT2D eigenvalue weighted by atomic mass is 10.1. The molecule has 0 N–H and O–H groups in total. The van der Waals surface area contributed by atoms with E-state index in [-0.39, 0.29) is 5.78 Å². The van der Waals surface area contributed by atoms with Crippen molar-refractivity contribution in [3.05, 3.63) is 23.2 Å². The molecular weight excluding hydrogens is 244 g/mol. The molecule has 1 fully saturated rings. The van der Waals surface area contributed by atoms with Gasteiger partial charge in [0.25, 0.3) is 0 Å². The zero-order chi connectivity index (χ0) is 13.4. The van der Waals surface area contributed by atoms with Crippen molar-refractivity contribution in [1.82, 2.24) is 9.80 Å². The van der Waals surface area contributed by atoms with Gasteiger partial charge in [-0.3, -0.25) is 4.79 Å². The number of carbonyl (C=O) groups is 2. The van der Waals surface area contributed by atoms with Gasteiger partial charge in [-0.1, -0.05) is 0 Å². The van der Waals surface area contributed by atoms with Crippen molar-refractivity contribution in [1.29, 1.82) is 0 Å². The maximum Gasteiger partial charge on any atom is 0.332 e. The smallest absolute Gasteiger partial charge is 0.332 e. The van der Waals surface area contributed by atoms with Crippen molar-refractivity contribution in [2.24, 2.45) is 0 Å². The summed E-state index contributed by atoms with van der Waals surface area (Å²) in [6.45, 7) is 2.83. The number of hydrogen-bond acceptors (Lipinski definition) is 5. The van der Waals surface area contributed by atoms with Gasteiger partial charge in [0.15, 0.2) is 0 Å². The third-order valence-corrected chi connectivity index (χ3v) is 3.99. The van der Waals surface area contributed by atoms with Gasteiger partial charge in [-0.15, -0.1) is 0 Å². The van der Waals surface area contributed by atoms with Crippen molar-refractivity contribution in [2.75, 3.05) is 26.7 Å². The zero-order valence-corrected chi connectivity index (χ0v) is 11.1. The third-order valence-electron chi connectivity index (χ3n) is 3.99. The summed E-state index contributed by atoms with van der Waals surface area (Å²) in [6, 6.07) is 0. The molecule has 0 bridgehead atoms. The second kappa shape index (κ2) is 4.72. The van der Waals surface area contributed by atoms with Gasteiger partial charge in [0, 0.05) is 25.2 Å². The van der Waals surface area contributed by atoms with E-state index < -0.39 is 5.97 Å². The van der Waals surface area contributed by atoms with Crippen LogP contribution in [0.15, 0.2) is 23.2 Å². The van der Waals surface area contributed by atoms with Crippen molar-refractivity contribution >= 4 is 11.8 Å². The Bertz CT molecular complexity index is 493. The van der Waals surface area contributed by atoms with E-state index in [0.717, 1.165) is 56.7 Å². The summed E-state index contributed by atoms with van der Waals surface area (Å²) in [5.74, 6) is 0.594. The lowest BCUT2D eigenvalue weighted by molar-refractivity contribution is -0.135. The van der Waals surface area contributed by atoms with Crippen molar-refractivity contribution in [3.63, 3.8) is 0 Å². The molecule has 5 heteroatoms. The first-order chi connectivity index (χ1) is 9.22. The summed E-state index contributed by atoms with van der Waals surface area (Å²) in [5, 5.41) is 0. The van der Waals surface area contributed by atoms with E-state index in [0.29, 0.717) is 5.70 Å². The standard InChI is InChI=1S/C14H18N2O3/c1-19-12(17)9-11-13(18)10-5-2-3-6-15-7-4-8-16(11)14(10)15/h9H,2-8H2,1H3/b11-9-. The van der Waals surface area contributed by atoms with Gasteiger partial charge in [0.2, 0.25) is 5.78 Å². The number of ether oxygens (including phenoxy) is 1. The Balaban J connectivity index is 2.01. The van der Waals surface area contributed by atoms with Crippen LogP contribution in [0.2, 0.25) is 0 Å². The fourth-order valence-electron chi connectivity index (χ4n) is 3.13. The molecule has 0 aromatic heterocycles. The minimum atomic E-state index is -0.460. The first kappa shape index (κ1) is 12.3. The summed E-state index contributed by atoms with van der Waals surface area (Å²) in [7, 11) is 1.33. The number of ketones is 1. The number of rotatable bonds is 1. The van der Waals surface area contributed by atoms with E-state index in [4.69, 9.17) is 0 Å². The van der Waals surface area contributed by atoms with Gasteiger partial charge in [-0.05, 0) is 25.7 Å². The van der Waals surface area contributed by atoms with Gasteiger partial charge in [0.1, 0.15) is 5.82 Å². The summed E-state index contributed by atoms with van der Waals surface area (Å²) in [5.41, 5.74) is 1.37. The van der Waals surface area contributed by atoms with Crippen LogP contribution in [-0.2, 0) is 14.3 Å². The van der Waals surface area contributed by atoms with E-state index in [1.807, 2.05) is 4.90 Å². The Morgan fingerprint density at radius 3 is 2.79 bits per heavy atom. The minimum absolute atomic E-state index is 0.00852. The molecule has 0 amide bonds. The lowest BCUT2D eigenvalue weighted by Gasteiger charge is -2.37. The van der Waals surface area contributed by atoms with Crippen LogP contribution in [-0.4, -0.2) is 48.3 Å². The maximum absolute atomic E-state index is 12.5. The molecule has 0 saturated carbocycles. The van der Waals surface area contributed by atoms with Crippen LogP contribution in [0.1, 0.15) is 25.7 Å². The van der Waals surface area contributed by atoms with Crippen molar-refractivity contribution in [2.45, 2.75) is 25.7 Å². The third kappa shape index (κ3) is 1.93. The van der Waals surface area contributed by atoms with Crippen molar-refractivity contribution in [3.8, 4) is 0 Å². The first-order valence-corrected chi connectivity index (χ1v) is 6.82. The molecule has 0 spiro atoms. The van der Waals surface area contributed by atoms with Crippen LogP contribution in [0.3, 0.4) is 0 Å². The molecule has 102 valence electrons. The molecule has 19 heavy (non-hydrogen) atoms. The molecule has 0 unspecified atom stereocenters. The van der Waals surface area contributed by atoms with Crippen LogP contribution >= 0.6 is 0 Å². The highest BCUT2D eigenvalue weighted by Gasteiger charge is 2.40. The summed E-state index contributed by atoms with van der Waals surface area (Å²) in [4.78, 5) is 28.2. The highest BCUT2D eigenvalue weighted by atomic mass is 16.5. The molecule has 1 saturated heterocycles. The zero-order valence-electron chi connectivity index (χ0n) is 11.1. The highest BCUT2D eigenvalue weighted by Crippen LogP contribution is 2.38.